The van der Waals surface area contributed by atoms with Crippen LogP contribution >= 0.6 is 11.6 Å². The van der Waals surface area contributed by atoms with Crippen molar-refractivity contribution in [3.63, 3.8) is 0 Å². The zero-order valence-electron chi connectivity index (χ0n) is 11.4. The van der Waals surface area contributed by atoms with Gasteiger partial charge in [-0.15, -0.1) is 0 Å². The van der Waals surface area contributed by atoms with Gasteiger partial charge in [-0.2, -0.15) is 0 Å². The minimum absolute atomic E-state index is 0.115. The minimum Gasteiger partial charge on any atom is -0.496 e. The molecule has 0 aromatic heterocycles. The van der Waals surface area contributed by atoms with Crippen LogP contribution in [-0.2, 0) is 11.3 Å². The normalized spacial score (nSPS) is 12.8. The Morgan fingerprint density at radius 2 is 2.30 bits per heavy atom. The van der Waals surface area contributed by atoms with Gasteiger partial charge in [0.25, 0.3) is 0 Å². The van der Waals surface area contributed by atoms with Gasteiger partial charge < -0.3 is 21.0 Å². The maximum atomic E-state index is 12.0. The summed E-state index contributed by atoms with van der Waals surface area (Å²) in [4.78, 5) is 12.0. The summed E-state index contributed by atoms with van der Waals surface area (Å²) >= 11 is 6.08. The number of carbonyl (C=O) groups excluding carboxylic acids is 1. The van der Waals surface area contributed by atoms with E-state index in [2.05, 4.69) is 10.5 Å². The number of methoxy groups -OCH3 is 1. The van der Waals surface area contributed by atoms with Crippen molar-refractivity contribution in [2.75, 3.05) is 7.11 Å². The quantitative estimate of drug-likeness (QED) is 0.322. The lowest BCUT2D eigenvalue weighted by atomic mass is 10.0. The zero-order chi connectivity index (χ0) is 15.1. The van der Waals surface area contributed by atoms with E-state index < -0.39 is 5.92 Å². The van der Waals surface area contributed by atoms with Crippen LogP contribution in [0.4, 0.5) is 0 Å². The van der Waals surface area contributed by atoms with Gasteiger partial charge in [0.2, 0.25) is 5.91 Å². The Morgan fingerprint density at radius 3 is 2.85 bits per heavy atom. The van der Waals surface area contributed by atoms with Crippen LogP contribution < -0.4 is 15.8 Å². The predicted molar refractivity (Wildman–Crippen MR) is 77.0 cm³/mol. The van der Waals surface area contributed by atoms with Crippen molar-refractivity contribution in [1.29, 1.82) is 0 Å². The lowest BCUT2D eigenvalue weighted by molar-refractivity contribution is -0.123. The molecule has 0 saturated heterocycles. The van der Waals surface area contributed by atoms with Gasteiger partial charge in [0.1, 0.15) is 5.75 Å². The molecule has 0 fully saturated rings. The van der Waals surface area contributed by atoms with E-state index in [1.807, 2.05) is 0 Å². The number of amidine groups is 1. The fourth-order valence-electron chi connectivity index (χ4n) is 1.80. The van der Waals surface area contributed by atoms with Crippen LogP contribution in [0.1, 0.15) is 18.9 Å². The van der Waals surface area contributed by atoms with Crippen LogP contribution in [0.25, 0.3) is 0 Å². The first-order valence-electron chi connectivity index (χ1n) is 6.11. The fraction of sp³-hybridized carbons (Fsp3) is 0.385. The Bertz CT molecular complexity index is 506. The predicted octanol–water partition coefficient (Wildman–Crippen LogP) is 1.74. The number of carbonyl (C=O) groups is 1. The minimum atomic E-state index is -0.673. The van der Waals surface area contributed by atoms with E-state index in [9.17, 15) is 4.79 Å². The molecule has 20 heavy (non-hydrogen) atoms. The average Bonchev–Trinajstić information content (AvgIpc) is 2.46. The molecule has 1 aromatic carbocycles. The number of nitrogens with two attached hydrogens (primary N) is 1. The summed E-state index contributed by atoms with van der Waals surface area (Å²) in [7, 11) is 1.53. The number of hydrogen-bond donors (Lipinski definition) is 3. The van der Waals surface area contributed by atoms with E-state index in [-0.39, 0.29) is 18.3 Å². The number of oxime groups is 1. The van der Waals surface area contributed by atoms with Crippen molar-refractivity contribution in [3.8, 4) is 5.75 Å². The maximum absolute atomic E-state index is 12.0. The van der Waals surface area contributed by atoms with Crippen LogP contribution in [-0.4, -0.2) is 24.1 Å². The molecule has 0 aliphatic heterocycles. The van der Waals surface area contributed by atoms with Gasteiger partial charge in [-0.3, -0.25) is 4.79 Å². The summed E-state index contributed by atoms with van der Waals surface area (Å²) in [6.07, 6.45) is 0.432. The molecule has 0 aliphatic carbocycles. The molecule has 7 heteroatoms. The molecule has 1 aromatic rings. The molecule has 1 rings (SSSR count). The highest BCUT2D eigenvalue weighted by Crippen LogP contribution is 2.25. The first-order valence-corrected chi connectivity index (χ1v) is 6.49. The van der Waals surface area contributed by atoms with Gasteiger partial charge in [0.05, 0.1) is 13.0 Å². The summed E-state index contributed by atoms with van der Waals surface area (Å²) in [5, 5.41) is 14.7. The fourth-order valence-corrected chi connectivity index (χ4v) is 2.03. The van der Waals surface area contributed by atoms with Gasteiger partial charge in [0, 0.05) is 17.1 Å². The van der Waals surface area contributed by atoms with Gasteiger partial charge >= 0.3 is 0 Å². The number of benzene rings is 1. The third-order valence-electron chi connectivity index (χ3n) is 2.93. The molecule has 1 atom stereocenters. The van der Waals surface area contributed by atoms with Gasteiger partial charge in [-0.05, 0) is 18.6 Å². The van der Waals surface area contributed by atoms with E-state index in [4.69, 9.17) is 27.3 Å². The Balaban J connectivity index is 2.79. The molecule has 6 nitrogen and oxygen atoms in total. The second-order valence-corrected chi connectivity index (χ2v) is 4.53. The summed E-state index contributed by atoms with van der Waals surface area (Å²) in [5.41, 5.74) is 6.15. The number of halogens is 1. The molecule has 1 unspecified atom stereocenters. The van der Waals surface area contributed by atoms with Crippen LogP contribution in [0, 0.1) is 5.92 Å². The molecular formula is C13H18ClN3O3. The lowest BCUT2D eigenvalue weighted by Gasteiger charge is -2.15. The Morgan fingerprint density at radius 1 is 1.60 bits per heavy atom. The van der Waals surface area contributed by atoms with Crippen molar-refractivity contribution in [1.82, 2.24) is 5.32 Å². The third kappa shape index (κ3) is 3.77. The van der Waals surface area contributed by atoms with Crippen molar-refractivity contribution >= 4 is 23.3 Å². The number of nitrogens with zero attached hydrogens (tertiary/aromatic N) is 1. The molecule has 0 spiro atoms. The van der Waals surface area contributed by atoms with Crippen LogP contribution in [0.15, 0.2) is 23.4 Å². The van der Waals surface area contributed by atoms with Crippen molar-refractivity contribution < 1.29 is 14.7 Å². The van der Waals surface area contributed by atoms with Crippen LogP contribution in [0.2, 0.25) is 5.02 Å². The number of hydrogen-bond acceptors (Lipinski definition) is 4. The summed E-state index contributed by atoms with van der Waals surface area (Å²) in [5.74, 6) is -0.524. The summed E-state index contributed by atoms with van der Waals surface area (Å²) in [6, 6.07) is 5.23. The van der Waals surface area contributed by atoms with Gasteiger partial charge in [-0.1, -0.05) is 29.7 Å². The molecule has 0 saturated carbocycles. The standard InChI is InChI=1S/C13H18ClN3O3/c1-3-8(12(15)17-19)13(18)16-7-9-10(14)5-4-6-11(9)20-2/h4-6,8,19H,3,7H2,1-2H3,(H2,15,17)(H,16,18). The summed E-state index contributed by atoms with van der Waals surface area (Å²) in [6.45, 7) is 1.98. The molecule has 0 aliphatic rings. The molecule has 0 radical (unpaired) electrons. The lowest BCUT2D eigenvalue weighted by Crippen LogP contribution is -2.38. The number of ether oxygens (including phenoxy) is 1. The SMILES string of the molecule is CCC(C(=O)NCc1c(Cl)cccc1OC)/C(N)=N/O. The van der Waals surface area contributed by atoms with E-state index >= 15 is 0 Å². The molecule has 0 heterocycles. The second-order valence-electron chi connectivity index (χ2n) is 4.12. The van der Waals surface area contributed by atoms with Crippen molar-refractivity contribution in [2.45, 2.75) is 19.9 Å². The van der Waals surface area contributed by atoms with Crippen LogP contribution in [0.3, 0.4) is 0 Å². The monoisotopic (exact) mass is 299 g/mol. The second kappa shape index (κ2) is 7.59. The van der Waals surface area contributed by atoms with Gasteiger partial charge in [-0.25, -0.2) is 0 Å². The largest absolute Gasteiger partial charge is 0.496 e. The number of amides is 1. The Labute approximate surface area is 122 Å². The van der Waals surface area contributed by atoms with E-state index in [0.717, 1.165) is 0 Å². The van der Waals surface area contributed by atoms with Gasteiger partial charge in [0.15, 0.2) is 5.84 Å². The maximum Gasteiger partial charge on any atom is 0.231 e. The first-order chi connectivity index (χ1) is 9.54. The molecule has 110 valence electrons. The van der Waals surface area contributed by atoms with E-state index in [1.165, 1.54) is 7.11 Å². The smallest absolute Gasteiger partial charge is 0.231 e. The number of rotatable bonds is 6. The van der Waals surface area contributed by atoms with E-state index in [0.29, 0.717) is 22.8 Å². The highest BCUT2D eigenvalue weighted by atomic mass is 35.5. The molecular weight excluding hydrogens is 282 g/mol. The Hall–Kier alpha value is -1.95. The summed E-state index contributed by atoms with van der Waals surface area (Å²) < 4.78 is 5.19. The molecule has 0 bridgehead atoms. The molecule has 4 N–H and O–H groups in total. The van der Waals surface area contributed by atoms with Crippen LogP contribution in [0.5, 0.6) is 5.75 Å². The van der Waals surface area contributed by atoms with E-state index in [1.54, 1.807) is 25.1 Å². The highest BCUT2D eigenvalue weighted by Gasteiger charge is 2.21. The Kier molecular flexibility index (Phi) is 6.11. The zero-order valence-corrected chi connectivity index (χ0v) is 12.1. The van der Waals surface area contributed by atoms with Crippen molar-refractivity contribution in [2.24, 2.45) is 16.8 Å². The topological polar surface area (TPSA) is 96.9 Å². The average molecular weight is 300 g/mol. The third-order valence-corrected chi connectivity index (χ3v) is 3.29. The van der Waals surface area contributed by atoms with Crippen molar-refractivity contribution in [3.05, 3.63) is 28.8 Å². The number of nitrogens with one attached hydrogen (secondary N) is 1. The first kappa shape index (κ1) is 16.1. The highest BCUT2D eigenvalue weighted by molar-refractivity contribution is 6.31. The molecule has 1 amide bonds.